The van der Waals surface area contributed by atoms with Crippen LogP contribution in [-0.2, 0) is 38.1 Å². The molecule has 44 heavy (non-hydrogen) atoms. The Hall–Kier alpha value is -4.30. The van der Waals surface area contributed by atoms with Crippen LogP contribution in [0.5, 0.6) is 0 Å². The Balaban J connectivity index is 1.57. The third kappa shape index (κ3) is 7.08. The minimum absolute atomic E-state index is 0.0841. The highest BCUT2D eigenvalue weighted by molar-refractivity contribution is 5.95. The van der Waals surface area contributed by atoms with Crippen molar-refractivity contribution in [3.05, 3.63) is 44.9 Å². The average Bonchev–Trinajstić information content (AvgIpc) is 3.20. The van der Waals surface area contributed by atoms with E-state index in [1.54, 1.807) is 0 Å². The summed E-state index contributed by atoms with van der Waals surface area (Å²) in [7, 11) is 1.15. The Kier molecular flexibility index (Phi) is 10.0. The number of aliphatic hydroxyl groups excluding tert-OH is 2. The van der Waals surface area contributed by atoms with Gasteiger partial charge in [0.25, 0.3) is 11.5 Å². The molecule has 0 aromatic carbocycles. The number of nitrogens with two attached hydrogens (primary N) is 2. The fraction of sp³-hybridized carbons (Fsp3) is 0.600. The van der Waals surface area contributed by atoms with E-state index in [0.29, 0.717) is 19.3 Å². The van der Waals surface area contributed by atoms with Gasteiger partial charge in [-0.15, -0.1) is 0 Å². The second kappa shape index (κ2) is 13.6. The number of ether oxygens (including phenoxy) is 5. The summed E-state index contributed by atoms with van der Waals surface area (Å²) in [5.74, 6) is -3.05. The first-order valence-corrected chi connectivity index (χ1v) is 13.6. The molecule has 1 aromatic rings. The number of nitrogens with one attached hydrogen (secondary N) is 3. The largest absolute Gasteiger partial charge is 0.456 e. The van der Waals surface area contributed by atoms with Crippen molar-refractivity contribution in [2.45, 2.75) is 87.4 Å². The lowest BCUT2D eigenvalue weighted by Crippen LogP contribution is -2.54. The second-order valence-electron chi connectivity index (χ2n) is 10.4. The molecule has 19 nitrogen and oxygen atoms in total. The predicted molar refractivity (Wildman–Crippen MR) is 143 cm³/mol. The number of carbonyl (C=O) groups excluding carboxylic acids is 4. The standard InChI is InChI=1S/C25H34N6O13/c1-9-4-3-5-10(20(36)28-9)29-21(37)12-8-11(32)14(34)23(41-12)43-17(19(26)35)16-15(40-2)18(44-24(27)38)22(42-16)31-7-6-13(33)30-25(31)39/h6-11,14-18,22-23,32,34H,3-5H2,1-2H3,(H2,26,35)(H2,27,38)(H,28,36)(H,29,37)(H,30,33,39). The molecule has 9 N–H and O–H groups in total. The summed E-state index contributed by atoms with van der Waals surface area (Å²) in [5, 5.41) is 26.3. The summed E-state index contributed by atoms with van der Waals surface area (Å²) in [6.07, 6.45) is -11.0. The Bertz CT molecular complexity index is 1410. The number of nitrogens with zero attached hydrogens (tertiary/aromatic N) is 1. The maximum atomic E-state index is 13.0. The quantitative estimate of drug-likeness (QED) is 0.137. The zero-order chi connectivity index (χ0) is 32.3. The summed E-state index contributed by atoms with van der Waals surface area (Å²) < 4.78 is 28.3. The normalized spacial score (nSPS) is 32.8. The first kappa shape index (κ1) is 32.6. The predicted octanol–water partition coefficient (Wildman–Crippen LogP) is -4.08. The number of hydrogen-bond acceptors (Lipinski definition) is 13. The van der Waals surface area contributed by atoms with Crippen LogP contribution in [0.3, 0.4) is 0 Å². The maximum Gasteiger partial charge on any atom is 0.405 e. The van der Waals surface area contributed by atoms with Crippen molar-refractivity contribution in [1.82, 2.24) is 20.2 Å². The average molecular weight is 627 g/mol. The van der Waals surface area contributed by atoms with Gasteiger partial charge in [0.15, 0.2) is 24.2 Å². The van der Waals surface area contributed by atoms with Gasteiger partial charge < -0.3 is 56.0 Å². The van der Waals surface area contributed by atoms with Gasteiger partial charge in [0, 0.05) is 25.4 Å². The fourth-order valence-corrected chi connectivity index (χ4v) is 5.17. The van der Waals surface area contributed by atoms with Crippen LogP contribution in [0.25, 0.3) is 0 Å². The molecule has 19 heteroatoms. The van der Waals surface area contributed by atoms with E-state index in [2.05, 4.69) is 10.6 Å². The topological polar surface area (TPSA) is 286 Å². The van der Waals surface area contributed by atoms with Gasteiger partial charge in [0.2, 0.25) is 18.1 Å². The van der Waals surface area contributed by atoms with E-state index in [9.17, 15) is 39.0 Å². The van der Waals surface area contributed by atoms with Gasteiger partial charge in [0.05, 0.1) is 0 Å². The van der Waals surface area contributed by atoms with Crippen molar-refractivity contribution in [2.24, 2.45) is 11.5 Å². The lowest BCUT2D eigenvalue weighted by atomic mass is 10.0. The lowest BCUT2D eigenvalue weighted by molar-refractivity contribution is -0.241. The lowest BCUT2D eigenvalue weighted by Gasteiger charge is -2.35. The van der Waals surface area contributed by atoms with Crippen LogP contribution in [0.4, 0.5) is 4.79 Å². The van der Waals surface area contributed by atoms with E-state index in [4.69, 9.17) is 35.2 Å². The number of aromatic nitrogens is 2. The van der Waals surface area contributed by atoms with Crippen LogP contribution in [0.1, 0.15) is 32.4 Å². The highest BCUT2D eigenvalue weighted by Gasteiger charge is 2.54. The number of primary amides is 2. The number of carbonyl (C=O) groups is 4. The fourth-order valence-electron chi connectivity index (χ4n) is 5.17. The molecule has 2 saturated heterocycles. The minimum Gasteiger partial charge on any atom is -0.456 e. The summed E-state index contributed by atoms with van der Waals surface area (Å²) in [6, 6.07) is -0.00244. The van der Waals surface area contributed by atoms with E-state index in [0.717, 1.165) is 30.0 Å². The number of amides is 4. The first-order chi connectivity index (χ1) is 20.8. The number of H-pyrrole nitrogens is 1. The molecule has 2 fully saturated rings. The van der Waals surface area contributed by atoms with Crippen molar-refractivity contribution in [3.63, 3.8) is 0 Å². The van der Waals surface area contributed by atoms with Gasteiger partial charge in [-0.05, 0) is 32.3 Å². The first-order valence-electron chi connectivity index (χ1n) is 13.6. The van der Waals surface area contributed by atoms with Gasteiger partial charge in [0.1, 0.15) is 30.5 Å². The van der Waals surface area contributed by atoms with E-state index in [1.807, 2.05) is 11.9 Å². The highest BCUT2D eigenvalue weighted by Crippen LogP contribution is 2.36. The summed E-state index contributed by atoms with van der Waals surface area (Å²) >= 11 is 0. The number of methoxy groups -OCH3 is 1. The van der Waals surface area contributed by atoms with Crippen LogP contribution < -0.4 is 33.3 Å². The molecule has 1 aromatic heterocycles. The Morgan fingerprint density at radius 1 is 1.16 bits per heavy atom. The molecule has 10 atom stereocenters. The van der Waals surface area contributed by atoms with E-state index >= 15 is 0 Å². The zero-order valence-corrected chi connectivity index (χ0v) is 23.6. The maximum absolute atomic E-state index is 13.0. The van der Waals surface area contributed by atoms with Gasteiger partial charge >= 0.3 is 11.8 Å². The van der Waals surface area contributed by atoms with Crippen molar-refractivity contribution < 1.29 is 53.1 Å². The number of aromatic amines is 1. The smallest absolute Gasteiger partial charge is 0.405 e. The Labute approximate surface area is 248 Å². The monoisotopic (exact) mass is 626 g/mol. The highest BCUT2D eigenvalue weighted by atomic mass is 16.7. The molecule has 242 valence electrons. The van der Waals surface area contributed by atoms with Crippen LogP contribution in [-0.4, -0.2) is 106 Å². The van der Waals surface area contributed by atoms with Gasteiger partial charge in [-0.1, -0.05) is 0 Å². The zero-order valence-electron chi connectivity index (χ0n) is 23.6. The second-order valence-corrected chi connectivity index (χ2v) is 10.4. The molecular weight excluding hydrogens is 592 g/mol. The van der Waals surface area contributed by atoms with Crippen LogP contribution >= 0.6 is 0 Å². The van der Waals surface area contributed by atoms with E-state index in [1.165, 1.54) is 0 Å². The van der Waals surface area contributed by atoms with Gasteiger partial charge in [-0.3, -0.25) is 28.7 Å². The van der Waals surface area contributed by atoms with Crippen LogP contribution in [0.15, 0.2) is 33.7 Å². The minimum atomic E-state index is -1.90. The van der Waals surface area contributed by atoms with Gasteiger partial charge in [-0.25, -0.2) is 9.59 Å². The molecular formula is C25H34N6O13. The summed E-state index contributed by atoms with van der Waals surface area (Å²) in [4.78, 5) is 75.9. The SMILES string of the molecule is COC1C(C(OC2OC(C(=O)NC3CCCC(C)NC3=O)=CC(O)C2O)C(N)=O)OC(n2ccc(=O)[nH]c2=O)C1OC(N)=O. The van der Waals surface area contributed by atoms with Crippen LogP contribution in [0, 0.1) is 0 Å². The number of rotatable bonds is 9. The van der Waals surface area contributed by atoms with Crippen LogP contribution in [0.2, 0.25) is 0 Å². The molecule has 4 rings (SSSR count). The molecule has 0 radical (unpaired) electrons. The molecule has 4 amide bonds. The van der Waals surface area contributed by atoms with Crippen molar-refractivity contribution in [1.29, 1.82) is 0 Å². The summed E-state index contributed by atoms with van der Waals surface area (Å²) in [6.45, 7) is 1.83. The third-order valence-corrected chi connectivity index (χ3v) is 7.29. The summed E-state index contributed by atoms with van der Waals surface area (Å²) in [5.41, 5.74) is 9.08. The molecule has 4 heterocycles. The Morgan fingerprint density at radius 3 is 2.52 bits per heavy atom. The Morgan fingerprint density at radius 2 is 1.89 bits per heavy atom. The van der Waals surface area contributed by atoms with E-state index < -0.39 is 96.0 Å². The molecule has 0 bridgehead atoms. The van der Waals surface area contributed by atoms with E-state index in [-0.39, 0.29) is 6.04 Å². The molecule has 3 aliphatic rings. The molecule has 3 aliphatic heterocycles. The number of aliphatic hydroxyl groups is 2. The molecule has 10 unspecified atom stereocenters. The molecule has 0 saturated carbocycles. The van der Waals surface area contributed by atoms with Crippen molar-refractivity contribution in [3.8, 4) is 0 Å². The van der Waals surface area contributed by atoms with Gasteiger partial charge in [-0.2, -0.15) is 0 Å². The molecule has 0 aliphatic carbocycles. The molecule has 0 spiro atoms. The number of hydrogen-bond donors (Lipinski definition) is 7. The third-order valence-electron chi connectivity index (χ3n) is 7.29. The van der Waals surface area contributed by atoms with Crippen molar-refractivity contribution >= 4 is 23.8 Å². The van der Waals surface area contributed by atoms with Crippen molar-refractivity contribution in [2.75, 3.05) is 7.11 Å².